The first-order chi connectivity index (χ1) is 16.4. The molecule has 3 unspecified atom stereocenters. The van der Waals surface area contributed by atoms with Crippen LogP contribution in [0.4, 0.5) is 0 Å². The summed E-state index contributed by atoms with van der Waals surface area (Å²) in [4.78, 5) is 4.92. The average Bonchev–Trinajstić information content (AvgIpc) is 3.49. The predicted octanol–water partition coefficient (Wildman–Crippen LogP) is 7.18. The molecule has 0 radical (unpaired) electrons. The summed E-state index contributed by atoms with van der Waals surface area (Å²) >= 11 is 0. The number of rotatable bonds is 4. The van der Waals surface area contributed by atoms with Gasteiger partial charge in [-0.15, -0.1) is 0 Å². The molecule has 5 aromatic rings. The van der Waals surface area contributed by atoms with Gasteiger partial charge in [0.05, 0.1) is 11.0 Å². The van der Waals surface area contributed by atoms with E-state index in [0.717, 1.165) is 18.4 Å². The molecule has 0 bridgehead atoms. The Morgan fingerprint density at radius 2 is 1.58 bits per heavy atom. The molecule has 7 rings (SSSR count). The Labute approximate surface area is 194 Å². The molecular formula is C31H26N2. The lowest BCUT2D eigenvalue weighted by Gasteiger charge is -2.13. The average molecular weight is 427 g/mol. The van der Waals surface area contributed by atoms with Gasteiger partial charge in [-0.2, -0.15) is 0 Å². The van der Waals surface area contributed by atoms with E-state index < -0.39 is 0 Å². The topological polar surface area (TPSA) is 17.3 Å². The van der Waals surface area contributed by atoms with E-state index in [1.165, 1.54) is 45.9 Å². The zero-order valence-corrected chi connectivity index (χ0v) is 18.6. The van der Waals surface area contributed by atoms with Gasteiger partial charge in [0.15, 0.2) is 0 Å². The van der Waals surface area contributed by atoms with E-state index in [0.29, 0.717) is 5.92 Å². The van der Waals surface area contributed by atoms with E-state index in [1.54, 1.807) is 11.1 Å². The molecular weight excluding hydrogens is 400 g/mol. The maximum atomic E-state index is 4.92. The van der Waals surface area contributed by atoms with Crippen molar-refractivity contribution in [3.05, 3.63) is 114 Å². The van der Waals surface area contributed by atoms with Crippen molar-refractivity contribution < 1.29 is 0 Å². The second-order valence-corrected chi connectivity index (χ2v) is 9.55. The lowest BCUT2D eigenvalue weighted by atomic mass is 9.92. The summed E-state index contributed by atoms with van der Waals surface area (Å²) in [6.07, 6.45) is 4.65. The quantitative estimate of drug-likeness (QED) is 0.271. The van der Waals surface area contributed by atoms with Gasteiger partial charge in [0.2, 0.25) is 0 Å². The first kappa shape index (κ1) is 18.9. The fourth-order valence-corrected chi connectivity index (χ4v) is 6.16. The molecule has 2 nitrogen and oxygen atoms in total. The third-order valence-corrected chi connectivity index (χ3v) is 7.76. The maximum absolute atomic E-state index is 4.92. The molecule has 1 heterocycles. The maximum Gasteiger partial charge on any atom is 0.0541 e. The van der Waals surface area contributed by atoms with Crippen LogP contribution in [-0.4, -0.2) is 17.3 Å². The van der Waals surface area contributed by atoms with Crippen LogP contribution in [0.5, 0.6) is 0 Å². The lowest BCUT2D eigenvalue weighted by Crippen LogP contribution is -2.00. The molecule has 2 aliphatic rings. The molecule has 0 aliphatic heterocycles. The number of para-hydroxylation sites is 2. The number of benzene rings is 4. The summed E-state index contributed by atoms with van der Waals surface area (Å²) in [5.41, 5.74) is 8.01. The highest BCUT2D eigenvalue weighted by Gasteiger charge is 2.52. The van der Waals surface area contributed by atoms with Crippen LogP contribution in [0.25, 0.3) is 27.5 Å². The number of aryl methyl sites for hydroxylation is 1. The largest absolute Gasteiger partial charge is 0.309 e. The van der Waals surface area contributed by atoms with Crippen LogP contribution in [0.3, 0.4) is 0 Å². The van der Waals surface area contributed by atoms with E-state index in [4.69, 9.17) is 4.99 Å². The normalized spacial score (nSPS) is 21.4. The predicted molar refractivity (Wildman–Crippen MR) is 138 cm³/mol. The fraction of sp³-hybridized carbons (Fsp3) is 0.194. The van der Waals surface area contributed by atoms with Gasteiger partial charge in [-0.05, 0) is 77.6 Å². The zero-order chi connectivity index (χ0) is 21.8. The van der Waals surface area contributed by atoms with Crippen molar-refractivity contribution in [2.75, 3.05) is 6.54 Å². The molecule has 1 aromatic heterocycles. The molecule has 4 aromatic carbocycles. The molecule has 0 spiro atoms. The Kier molecular flexibility index (Phi) is 4.26. The van der Waals surface area contributed by atoms with Crippen LogP contribution in [0.1, 0.15) is 29.0 Å². The fourth-order valence-electron chi connectivity index (χ4n) is 6.16. The third kappa shape index (κ3) is 3.05. The SMILES string of the molecule is C(=NCC1C2CCc3ccccc3C21)c1ccc2c(c1)c1ccccc1n2-c1ccccc1. The Balaban J connectivity index is 1.20. The van der Waals surface area contributed by atoms with Crippen LogP contribution in [-0.2, 0) is 6.42 Å². The highest BCUT2D eigenvalue weighted by molar-refractivity contribution is 6.10. The minimum Gasteiger partial charge on any atom is -0.309 e. The van der Waals surface area contributed by atoms with E-state index >= 15 is 0 Å². The van der Waals surface area contributed by atoms with Crippen LogP contribution in [0.2, 0.25) is 0 Å². The Hall–Kier alpha value is -3.65. The van der Waals surface area contributed by atoms with Crippen molar-refractivity contribution in [2.24, 2.45) is 16.8 Å². The molecule has 0 amide bonds. The summed E-state index contributed by atoms with van der Waals surface area (Å²) in [6.45, 7) is 0.938. The van der Waals surface area contributed by atoms with Crippen LogP contribution in [0.15, 0.2) is 102 Å². The number of aliphatic imine (C=N–C) groups is 1. The van der Waals surface area contributed by atoms with Crippen LogP contribution < -0.4 is 0 Å². The second-order valence-electron chi connectivity index (χ2n) is 9.55. The minimum absolute atomic E-state index is 0.716. The molecule has 0 saturated heterocycles. The molecule has 1 saturated carbocycles. The van der Waals surface area contributed by atoms with E-state index in [2.05, 4.69) is 108 Å². The van der Waals surface area contributed by atoms with Crippen LogP contribution >= 0.6 is 0 Å². The Morgan fingerprint density at radius 3 is 2.52 bits per heavy atom. The number of nitrogens with zero attached hydrogens (tertiary/aromatic N) is 2. The van der Waals surface area contributed by atoms with E-state index in [9.17, 15) is 0 Å². The summed E-state index contributed by atoms with van der Waals surface area (Å²) in [7, 11) is 0. The van der Waals surface area contributed by atoms with Gasteiger partial charge in [-0.25, -0.2) is 0 Å². The van der Waals surface area contributed by atoms with Crippen molar-refractivity contribution in [1.29, 1.82) is 0 Å². The summed E-state index contributed by atoms with van der Waals surface area (Å²) in [5.74, 6) is 2.29. The number of aromatic nitrogens is 1. The molecule has 1 fully saturated rings. The van der Waals surface area contributed by atoms with E-state index in [-0.39, 0.29) is 0 Å². The molecule has 3 atom stereocenters. The number of fused-ring (bicyclic) bond motifs is 6. The molecule has 2 aliphatic carbocycles. The highest BCUT2D eigenvalue weighted by atomic mass is 15.0. The lowest BCUT2D eigenvalue weighted by molar-refractivity contribution is 0.635. The molecule has 160 valence electrons. The van der Waals surface area contributed by atoms with Gasteiger partial charge in [-0.3, -0.25) is 4.99 Å². The van der Waals surface area contributed by atoms with Crippen molar-refractivity contribution in [3.8, 4) is 5.69 Å². The van der Waals surface area contributed by atoms with Gasteiger partial charge < -0.3 is 4.57 Å². The Morgan fingerprint density at radius 1 is 0.788 bits per heavy atom. The summed E-state index contributed by atoms with van der Waals surface area (Å²) in [5, 5.41) is 2.57. The first-order valence-electron chi connectivity index (χ1n) is 12.0. The van der Waals surface area contributed by atoms with Gasteiger partial charge in [0.1, 0.15) is 0 Å². The second kappa shape index (κ2) is 7.45. The zero-order valence-electron chi connectivity index (χ0n) is 18.6. The monoisotopic (exact) mass is 426 g/mol. The molecule has 33 heavy (non-hydrogen) atoms. The summed E-state index contributed by atoms with van der Waals surface area (Å²) < 4.78 is 2.36. The summed E-state index contributed by atoms with van der Waals surface area (Å²) in [6, 6.07) is 35.1. The first-order valence-corrected chi connectivity index (χ1v) is 12.0. The van der Waals surface area contributed by atoms with Gasteiger partial charge in [0, 0.05) is 29.2 Å². The standard InChI is InChI=1S/C31H26N2/c1-2-9-23(10-3-1)33-29-13-7-6-12-25(29)27-18-21(14-17-30(27)33)19-32-20-28-26-16-15-22-8-4-5-11-24(22)31(26)28/h1-14,17-19,26,28,31H,15-16,20H2. The molecule has 0 N–H and O–H groups in total. The number of hydrogen-bond acceptors (Lipinski definition) is 1. The highest BCUT2D eigenvalue weighted by Crippen LogP contribution is 2.59. The van der Waals surface area contributed by atoms with Gasteiger partial charge in [0.25, 0.3) is 0 Å². The van der Waals surface area contributed by atoms with Gasteiger partial charge >= 0.3 is 0 Å². The third-order valence-electron chi connectivity index (χ3n) is 7.76. The Bertz CT molecular complexity index is 1510. The van der Waals surface area contributed by atoms with Crippen LogP contribution in [0, 0.1) is 11.8 Å². The van der Waals surface area contributed by atoms with Crippen molar-refractivity contribution >= 4 is 28.0 Å². The number of hydrogen-bond donors (Lipinski definition) is 0. The molecule has 2 heteroatoms. The van der Waals surface area contributed by atoms with Gasteiger partial charge in [-0.1, -0.05) is 66.7 Å². The van der Waals surface area contributed by atoms with E-state index in [1.807, 2.05) is 0 Å². The van der Waals surface area contributed by atoms with Crippen molar-refractivity contribution in [2.45, 2.75) is 18.8 Å². The van der Waals surface area contributed by atoms with Crippen molar-refractivity contribution in [3.63, 3.8) is 0 Å². The minimum atomic E-state index is 0.716. The smallest absolute Gasteiger partial charge is 0.0541 e. The van der Waals surface area contributed by atoms with Crippen molar-refractivity contribution in [1.82, 2.24) is 4.57 Å².